The second-order valence-electron chi connectivity index (χ2n) is 7.24. The minimum atomic E-state index is -1.68. The van der Waals surface area contributed by atoms with Crippen molar-refractivity contribution in [2.45, 2.75) is 58.7 Å². The fraction of sp³-hybridized carbons (Fsp3) is 0.667. The molecule has 0 atom stereocenters. The lowest BCUT2D eigenvalue weighted by atomic mass is 9.99. The number of alkyl halides is 1. The summed E-state index contributed by atoms with van der Waals surface area (Å²) in [6.07, 6.45) is 2.11. The molecule has 0 fully saturated rings. The van der Waals surface area contributed by atoms with Gasteiger partial charge >= 0.3 is 0 Å². The molecule has 0 saturated carbocycles. The Morgan fingerprint density at radius 3 is 1.95 bits per heavy atom. The van der Waals surface area contributed by atoms with Crippen molar-refractivity contribution in [1.29, 1.82) is 0 Å². The predicted octanol–water partition coefficient (Wildman–Crippen LogP) is 5.82. The van der Waals surface area contributed by atoms with Crippen LogP contribution in [0.2, 0.25) is 18.1 Å². The molecule has 1 aromatic carbocycles. The summed E-state index contributed by atoms with van der Waals surface area (Å²) in [5, 5.41) is 1.33. The Kier molecular flexibility index (Phi) is 7.15. The first kappa shape index (κ1) is 18.9. The number of benzene rings is 1. The van der Waals surface area contributed by atoms with Crippen LogP contribution in [0.25, 0.3) is 0 Å². The fourth-order valence-corrected chi connectivity index (χ4v) is 5.12. The van der Waals surface area contributed by atoms with Crippen molar-refractivity contribution in [2.24, 2.45) is 5.92 Å². The van der Waals surface area contributed by atoms with E-state index >= 15 is 0 Å². The summed E-state index contributed by atoms with van der Waals surface area (Å²) in [6, 6.07) is 8.95. The lowest BCUT2D eigenvalue weighted by Crippen LogP contribution is -2.45. The lowest BCUT2D eigenvalue weighted by Gasteiger charge is -2.42. The maximum absolute atomic E-state index is 6.37. The maximum Gasteiger partial charge on any atom is 0.192 e. The summed E-state index contributed by atoms with van der Waals surface area (Å²) in [6.45, 7) is 14.9. The van der Waals surface area contributed by atoms with Gasteiger partial charge in [-0.1, -0.05) is 67.9 Å². The van der Waals surface area contributed by atoms with Crippen molar-refractivity contribution in [1.82, 2.24) is 0 Å². The second-order valence-corrected chi connectivity index (χ2v) is 12.6. The first-order chi connectivity index (χ1) is 9.70. The first-order valence-electron chi connectivity index (χ1n) is 7.98. The van der Waals surface area contributed by atoms with Gasteiger partial charge in [0, 0.05) is 11.9 Å². The van der Waals surface area contributed by atoms with Gasteiger partial charge in [0.1, 0.15) is 0 Å². The second kappa shape index (κ2) is 7.93. The summed E-state index contributed by atoms with van der Waals surface area (Å²) in [5.74, 6) is 0.655. The Balaban J connectivity index is 2.52. The molecule has 0 bridgehead atoms. The highest BCUT2D eigenvalue weighted by Gasteiger charge is 2.42. The molecule has 1 nitrogen and oxygen atoms in total. The fourth-order valence-electron chi connectivity index (χ4n) is 2.29. The molecular weight excluding hydrogens is 340 g/mol. The van der Waals surface area contributed by atoms with E-state index in [2.05, 4.69) is 81.0 Å². The van der Waals surface area contributed by atoms with E-state index in [0.29, 0.717) is 11.0 Å². The Hall–Kier alpha value is -0.123. The SMILES string of the molecule is CC(C)C(C)(C)[Si](C)(C)OCCc1ccc(CCBr)cc1. The minimum absolute atomic E-state index is 0.298. The summed E-state index contributed by atoms with van der Waals surface area (Å²) in [5.41, 5.74) is 2.77. The van der Waals surface area contributed by atoms with Crippen molar-refractivity contribution >= 4 is 24.2 Å². The maximum atomic E-state index is 6.37. The van der Waals surface area contributed by atoms with Crippen LogP contribution in [-0.2, 0) is 17.3 Å². The van der Waals surface area contributed by atoms with Crippen molar-refractivity contribution in [3.63, 3.8) is 0 Å². The van der Waals surface area contributed by atoms with Gasteiger partial charge in [0.05, 0.1) is 0 Å². The van der Waals surface area contributed by atoms with Crippen LogP contribution in [0.5, 0.6) is 0 Å². The summed E-state index contributed by atoms with van der Waals surface area (Å²) in [7, 11) is -1.68. The summed E-state index contributed by atoms with van der Waals surface area (Å²) < 4.78 is 6.37. The van der Waals surface area contributed by atoms with E-state index in [-0.39, 0.29) is 0 Å². The molecule has 1 aromatic rings. The van der Waals surface area contributed by atoms with Gasteiger partial charge in [-0.25, -0.2) is 0 Å². The molecule has 0 aliphatic rings. The predicted molar refractivity (Wildman–Crippen MR) is 100.0 cm³/mol. The Morgan fingerprint density at radius 2 is 1.52 bits per heavy atom. The Labute approximate surface area is 140 Å². The van der Waals surface area contributed by atoms with Crippen molar-refractivity contribution in [3.8, 4) is 0 Å². The largest absolute Gasteiger partial charge is 0.416 e. The summed E-state index contributed by atoms with van der Waals surface area (Å²) in [4.78, 5) is 0. The third kappa shape index (κ3) is 5.22. The van der Waals surface area contributed by atoms with E-state index in [0.717, 1.165) is 24.8 Å². The van der Waals surface area contributed by atoms with Gasteiger partial charge in [-0.05, 0) is 48.0 Å². The Morgan fingerprint density at radius 1 is 1.05 bits per heavy atom. The van der Waals surface area contributed by atoms with Gasteiger partial charge in [0.2, 0.25) is 0 Å². The van der Waals surface area contributed by atoms with Gasteiger partial charge in [-0.15, -0.1) is 0 Å². The molecule has 0 aliphatic carbocycles. The van der Waals surface area contributed by atoms with Crippen LogP contribution in [0.1, 0.15) is 38.8 Å². The van der Waals surface area contributed by atoms with Crippen LogP contribution in [0.3, 0.4) is 0 Å². The molecule has 1 rings (SSSR count). The van der Waals surface area contributed by atoms with Gasteiger partial charge in [-0.3, -0.25) is 0 Å². The van der Waals surface area contributed by atoms with Crippen molar-refractivity contribution in [2.75, 3.05) is 11.9 Å². The molecule has 0 N–H and O–H groups in total. The van der Waals surface area contributed by atoms with E-state index in [9.17, 15) is 0 Å². The molecule has 0 heterocycles. The van der Waals surface area contributed by atoms with Gasteiger partial charge in [0.25, 0.3) is 0 Å². The normalized spacial score (nSPS) is 13.0. The highest BCUT2D eigenvalue weighted by Crippen LogP contribution is 2.44. The lowest BCUT2D eigenvalue weighted by molar-refractivity contribution is 0.270. The number of aryl methyl sites for hydroxylation is 1. The quantitative estimate of drug-likeness (QED) is 0.413. The molecular formula is C18H31BrOSi. The number of hydrogen-bond donors (Lipinski definition) is 0. The van der Waals surface area contributed by atoms with Crippen molar-refractivity contribution < 1.29 is 4.43 Å². The molecule has 0 amide bonds. The molecule has 0 saturated heterocycles. The third-order valence-electron chi connectivity index (χ3n) is 5.25. The van der Waals surface area contributed by atoms with E-state index < -0.39 is 8.32 Å². The molecule has 0 unspecified atom stereocenters. The molecule has 0 spiro atoms. The zero-order valence-corrected chi connectivity index (χ0v) is 17.1. The molecule has 0 aromatic heterocycles. The van der Waals surface area contributed by atoms with E-state index in [1.807, 2.05) is 0 Å². The van der Waals surface area contributed by atoms with Crippen LogP contribution < -0.4 is 0 Å². The standard InChI is InChI=1S/C18H31BrOSi/c1-15(2)18(3,4)21(5,6)20-14-12-17-9-7-16(8-10-17)11-13-19/h7-10,15H,11-14H2,1-6H3. The van der Waals surface area contributed by atoms with E-state index in [1.54, 1.807) is 0 Å². The van der Waals surface area contributed by atoms with Crippen molar-refractivity contribution in [3.05, 3.63) is 35.4 Å². The topological polar surface area (TPSA) is 9.23 Å². The average Bonchev–Trinajstić information content (AvgIpc) is 2.40. The van der Waals surface area contributed by atoms with Crippen LogP contribution in [-0.4, -0.2) is 20.3 Å². The van der Waals surface area contributed by atoms with Gasteiger partial charge < -0.3 is 4.43 Å². The van der Waals surface area contributed by atoms with Gasteiger partial charge in [0.15, 0.2) is 8.32 Å². The highest BCUT2D eigenvalue weighted by molar-refractivity contribution is 9.09. The smallest absolute Gasteiger partial charge is 0.192 e. The molecule has 21 heavy (non-hydrogen) atoms. The third-order valence-corrected chi connectivity index (χ3v) is 10.3. The van der Waals surface area contributed by atoms with Crippen LogP contribution in [0.15, 0.2) is 24.3 Å². The molecule has 120 valence electrons. The van der Waals surface area contributed by atoms with Crippen LogP contribution >= 0.6 is 15.9 Å². The monoisotopic (exact) mass is 370 g/mol. The Bertz CT molecular complexity index is 423. The van der Waals surface area contributed by atoms with Gasteiger partial charge in [-0.2, -0.15) is 0 Å². The van der Waals surface area contributed by atoms with Crippen LogP contribution in [0, 0.1) is 5.92 Å². The minimum Gasteiger partial charge on any atom is -0.416 e. The zero-order valence-electron chi connectivity index (χ0n) is 14.5. The molecule has 0 radical (unpaired) electrons. The van der Waals surface area contributed by atoms with E-state index in [4.69, 9.17) is 4.43 Å². The number of halogens is 1. The summed E-state index contributed by atoms with van der Waals surface area (Å²) >= 11 is 3.48. The number of rotatable bonds is 8. The zero-order chi connectivity index (χ0) is 16.1. The number of hydrogen-bond acceptors (Lipinski definition) is 1. The highest BCUT2D eigenvalue weighted by atomic mass is 79.9. The first-order valence-corrected chi connectivity index (χ1v) is 12.0. The molecule has 3 heteroatoms. The molecule has 0 aliphatic heterocycles. The average molecular weight is 371 g/mol. The van der Waals surface area contributed by atoms with Crippen LogP contribution in [0.4, 0.5) is 0 Å². The van der Waals surface area contributed by atoms with E-state index in [1.165, 1.54) is 11.1 Å².